The van der Waals surface area contributed by atoms with Crippen molar-refractivity contribution in [2.75, 3.05) is 45.8 Å². The van der Waals surface area contributed by atoms with Crippen molar-refractivity contribution in [1.82, 2.24) is 14.7 Å². The van der Waals surface area contributed by atoms with Crippen molar-refractivity contribution in [2.24, 2.45) is 0 Å². The maximum atomic E-state index is 12.7. The van der Waals surface area contributed by atoms with Gasteiger partial charge in [0.25, 0.3) is 5.91 Å². The summed E-state index contributed by atoms with van der Waals surface area (Å²) in [6.07, 6.45) is 0. The molecule has 0 unspecified atom stereocenters. The Hall–Kier alpha value is -1.21. The van der Waals surface area contributed by atoms with Gasteiger partial charge in [-0.3, -0.25) is 14.5 Å². The number of rotatable bonds is 5. The predicted molar refractivity (Wildman–Crippen MR) is 103 cm³/mol. The van der Waals surface area contributed by atoms with E-state index in [1.807, 2.05) is 18.7 Å². The van der Waals surface area contributed by atoms with Crippen molar-refractivity contribution in [3.05, 3.63) is 26.7 Å². The Balaban J connectivity index is 2.02. The number of carbonyl (C=O) groups is 2. The smallest absolute Gasteiger partial charge is 0.259 e. The maximum Gasteiger partial charge on any atom is 0.259 e. The van der Waals surface area contributed by atoms with Crippen LogP contribution in [-0.2, 0) is 4.79 Å². The van der Waals surface area contributed by atoms with Gasteiger partial charge in [0.1, 0.15) is 11.3 Å². The van der Waals surface area contributed by atoms with E-state index in [-0.39, 0.29) is 32.3 Å². The highest BCUT2D eigenvalue weighted by molar-refractivity contribution is 6.45. The molecule has 2 amide bonds. The number of aromatic hydroxyl groups is 1. The summed E-state index contributed by atoms with van der Waals surface area (Å²) >= 11 is 18.0. The van der Waals surface area contributed by atoms with Crippen LogP contribution in [0.2, 0.25) is 15.1 Å². The number of amides is 2. The van der Waals surface area contributed by atoms with Crippen LogP contribution in [0.3, 0.4) is 0 Å². The monoisotopic (exact) mass is 421 g/mol. The summed E-state index contributed by atoms with van der Waals surface area (Å²) in [5.74, 6) is -0.714. The van der Waals surface area contributed by atoms with Gasteiger partial charge in [0.2, 0.25) is 5.91 Å². The van der Waals surface area contributed by atoms with E-state index >= 15 is 0 Å². The quantitative estimate of drug-likeness (QED) is 0.741. The first-order chi connectivity index (χ1) is 12.3. The molecule has 144 valence electrons. The molecule has 2 rings (SSSR count). The summed E-state index contributed by atoms with van der Waals surface area (Å²) in [7, 11) is 0. The molecule has 1 aromatic rings. The number of piperazine rings is 1. The van der Waals surface area contributed by atoms with Crippen molar-refractivity contribution in [2.45, 2.75) is 13.8 Å². The van der Waals surface area contributed by atoms with Gasteiger partial charge in [-0.1, -0.05) is 34.8 Å². The van der Waals surface area contributed by atoms with E-state index in [9.17, 15) is 14.7 Å². The lowest BCUT2D eigenvalue weighted by Gasteiger charge is -2.35. The molecule has 1 aliphatic rings. The second-order valence-electron chi connectivity index (χ2n) is 6.01. The predicted octanol–water partition coefficient (Wildman–Crippen LogP) is 2.98. The summed E-state index contributed by atoms with van der Waals surface area (Å²) in [5, 5.41) is 10.2. The molecule has 0 atom stereocenters. The third-order valence-corrected chi connectivity index (χ3v) is 5.57. The van der Waals surface area contributed by atoms with Crippen LogP contribution in [0, 0.1) is 0 Å². The highest BCUT2D eigenvalue weighted by atomic mass is 35.5. The van der Waals surface area contributed by atoms with E-state index in [0.717, 1.165) is 0 Å². The number of nitrogens with zero attached hydrogens (tertiary/aromatic N) is 3. The number of likely N-dealkylation sites (N-methyl/N-ethyl adjacent to an activating group) is 1. The summed E-state index contributed by atoms with van der Waals surface area (Å²) in [6.45, 7) is 7.56. The van der Waals surface area contributed by atoms with Crippen LogP contribution < -0.4 is 0 Å². The van der Waals surface area contributed by atoms with Gasteiger partial charge in [-0.15, -0.1) is 0 Å². The minimum Gasteiger partial charge on any atom is -0.505 e. The molecule has 0 aliphatic carbocycles. The van der Waals surface area contributed by atoms with Crippen LogP contribution in [0.1, 0.15) is 24.2 Å². The standard InChI is InChI=1S/C17H22Cl3N3O3/c1-3-22(4-2)13(24)10-21-5-7-23(8-6-21)17(26)14-15(20)11(18)9-12(19)16(14)25/h9,25H,3-8,10H2,1-2H3. The molecule has 1 N–H and O–H groups in total. The van der Waals surface area contributed by atoms with Crippen LogP contribution in [0.25, 0.3) is 0 Å². The third-order valence-electron chi connectivity index (χ3n) is 4.49. The molecule has 9 heteroatoms. The molecule has 1 aliphatic heterocycles. The fourth-order valence-electron chi connectivity index (χ4n) is 2.92. The lowest BCUT2D eigenvalue weighted by molar-refractivity contribution is -0.132. The van der Waals surface area contributed by atoms with Crippen molar-refractivity contribution in [1.29, 1.82) is 0 Å². The molecular weight excluding hydrogens is 401 g/mol. The molecule has 0 saturated carbocycles. The lowest BCUT2D eigenvalue weighted by Crippen LogP contribution is -2.51. The molecule has 26 heavy (non-hydrogen) atoms. The normalized spacial score (nSPS) is 15.2. The van der Waals surface area contributed by atoms with E-state index in [4.69, 9.17) is 34.8 Å². The largest absolute Gasteiger partial charge is 0.505 e. The minimum absolute atomic E-state index is 0.0160. The second kappa shape index (κ2) is 9.13. The molecule has 1 fully saturated rings. The third kappa shape index (κ3) is 4.55. The highest BCUT2D eigenvalue weighted by Crippen LogP contribution is 2.39. The zero-order valence-electron chi connectivity index (χ0n) is 14.8. The number of benzene rings is 1. The van der Waals surface area contributed by atoms with Crippen molar-refractivity contribution < 1.29 is 14.7 Å². The maximum absolute atomic E-state index is 12.7. The summed E-state index contributed by atoms with van der Waals surface area (Å²) in [5.41, 5.74) is -0.0863. The number of hydrogen-bond acceptors (Lipinski definition) is 4. The molecule has 1 heterocycles. The van der Waals surface area contributed by atoms with Crippen LogP contribution in [0.15, 0.2) is 6.07 Å². The average Bonchev–Trinajstić information content (AvgIpc) is 2.62. The number of carbonyl (C=O) groups excluding carboxylic acids is 2. The number of phenolic OH excluding ortho intramolecular Hbond substituents is 1. The fourth-order valence-corrected chi connectivity index (χ4v) is 3.60. The molecule has 0 bridgehead atoms. The van der Waals surface area contributed by atoms with Crippen LogP contribution in [-0.4, -0.2) is 77.4 Å². The van der Waals surface area contributed by atoms with Gasteiger partial charge >= 0.3 is 0 Å². The average molecular weight is 423 g/mol. The summed E-state index contributed by atoms with van der Waals surface area (Å²) in [4.78, 5) is 30.3. The molecule has 0 aromatic heterocycles. The Morgan fingerprint density at radius 2 is 1.65 bits per heavy atom. The highest BCUT2D eigenvalue weighted by Gasteiger charge is 2.29. The van der Waals surface area contributed by atoms with Gasteiger partial charge in [0, 0.05) is 39.3 Å². The SMILES string of the molecule is CCN(CC)C(=O)CN1CCN(C(=O)c2c(O)c(Cl)cc(Cl)c2Cl)CC1. The van der Waals surface area contributed by atoms with Crippen LogP contribution >= 0.6 is 34.8 Å². The first-order valence-corrected chi connectivity index (χ1v) is 9.59. The summed E-state index contributed by atoms with van der Waals surface area (Å²) in [6, 6.07) is 1.30. The Kier molecular flexibility index (Phi) is 7.41. The zero-order valence-corrected chi connectivity index (χ0v) is 17.0. The van der Waals surface area contributed by atoms with E-state index in [2.05, 4.69) is 0 Å². The molecular formula is C17H22Cl3N3O3. The first-order valence-electron chi connectivity index (χ1n) is 8.45. The molecule has 1 saturated heterocycles. The van der Waals surface area contributed by atoms with Crippen LogP contribution in [0.5, 0.6) is 5.75 Å². The van der Waals surface area contributed by atoms with E-state index in [1.165, 1.54) is 6.07 Å². The molecule has 6 nitrogen and oxygen atoms in total. The van der Waals surface area contributed by atoms with Crippen molar-refractivity contribution in [3.8, 4) is 5.75 Å². The molecule has 0 radical (unpaired) electrons. The number of halogens is 3. The topological polar surface area (TPSA) is 64.1 Å². The lowest BCUT2D eigenvalue weighted by atomic mass is 10.1. The number of phenols is 1. The van der Waals surface area contributed by atoms with Crippen LogP contribution in [0.4, 0.5) is 0 Å². The number of hydrogen-bond donors (Lipinski definition) is 1. The fraction of sp³-hybridized carbons (Fsp3) is 0.529. The van der Waals surface area contributed by atoms with Gasteiger partial charge in [0.15, 0.2) is 0 Å². The molecule has 1 aromatic carbocycles. The van der Waals surface area contributed by atoms with Gasteiger partial charge in [-0.25, -0.2) is 0 Å². The Morgan fingerprint density at radius 1 is 1.08 bits per heavy atom. The molecule has 0 spiro atoms. The second-order valence-corrected chi connectivity index (χ2v) is 7.20. The van der Waals surface area contributed by atoms with Gasteiger partial charge in [-0.05, 0) is 19.9 Å². The Bertz CT molecular complexity index is 661. The summed E-state index contributed by atoms with van der Waals surface area (Å²) < 4.78 is 0. The Labute approximate surface area is 168 Å². The van der Waals surface area contributed by atoms with Gasteiger partial charge in [0.05, 0.1) is 21.6 Å². The Morgan fingerprint density at radius 3 is 2.19 bits per heavy atom. The van der Waals surface area contributed by atoms with E-state index in [0.29, 0.717) is 45.8 Å². The van der Waals surface area contributed by atoms with E-state index in [1.54, 1.807) is 9.80 Å². The van der Waals surface area contributed by atoms with Gasteiger partial charge in [-0.2, -0.15) is 0 Å². The zero-order chi connectivity index (χ0) is 19.4. The van der Waals surface area contributed by atoms with E-state index < -0.39 is 5.91 Å². The van der Waals surface area contributed by atoms with Crippen molar-refractivity contribution in [3.63, 3.8) is 0 Å². The van der Waals surface area contributed by atoms with Gasteiger partial charge < -0.3 is 14.9 Å². The van der Waals surface area contributed by atoms with Crippen molar-refractivity contribution >= 4 is 46.6 Å². The minimum atomic E-state index is -0.424. The first kappa shape index (κ1) is 21.1.